The van der Waals surface area contributed by atoms with Crippen LogP contribution in [0.5, 0.6) is 0 Å². The van der Waals surface area contributed by atoms with Crippen molar-refractivity contribution in [3.63, 3.8) is 0 Å². The summed E-state index contributed by atoms with van der Waals surface area (Å²) in [7, 11) is 0. The molecule has 3 nitrogen and oxygen atoms in total. The van der Waals surface area contributed by atoms with Gasteiger partial charge in [0.05, 0.1) is 0 Å². The average Bonchev–Trinajstić information content (AvgIpc) is 2.93. The molecule has 0 amide bonds. The van der Waals surface area contributed by atoms with E-state index in [9.17, 15) is 0 Å². The number of hydrogen-bond donors (Lipinski definition) is 0. The Morgan fingerprint density at radius 1 is 0.857 bits per heavy atom. The zero-order chi connectivity index (χ0) is 16.1. The summed E-state index contributed by atoms with van der Waals surface area (Å²) < 4.78 is 11.6. The van der Waals surface area contributed by atoms with E-state index < -0.39 is 17.5 Å². The predicted molar refractivity (Wildman–Crippen MR) is 90.1 cm³/mol. The van der Waals surface area contributed by atoms with Crippen LogP contribution in [0.15, 0.2) is 27.6 Å². The van der Waals surface area contributed by atoms with Gasteiger partial charge in [-0.25, -0.2) is 0 Å². The standard InChI is InChI=1S/C5H5.C4H9N.2C4H10N.Ta/c1-2-4-5-3-1;1-4(2,3)5;2*1-3-5-4-2;/h1-5H;1-3H3;2*3-4H2,1-2H3;/q;;2*-1;+2. The van der Waals surface area contributed by atoms with Gasteiger partial charge in [-0.15, -0.1) is 0 Å². The van der Waals surface area contributed by atoms with E-state index >= 15 is 0 Å². The molecular formula is C17H34N3Ta. The number of hydrogen-bond acceptors (Lipinski definition) is 1. The molecule has 0 fully saturated rings. The van der Waals surface area contributed by atoms with E-state index in [2.05, 4.69) is 79.4 Å². The van der Waals surface area contributed by atoms with E-state index in [0.717, 1.165) is 26.2 Å². The van der Waals surface area contributed by atoms with E-state index in [0.29, 0.717) is 4.14 Å². The molecule has 0 N–H and O–H groups in total. The summed E-state index contributed by atoms with van der Waals surface area (Å²) >= 11 is -3.16. The van der Waals surface area contributed by atoms with Crippen molar-refractivity contribution in [3.05, 3.63) is 24.3 Å². The number of rotatable bonds is 7. The Balaban J connectivity index is 3.58. The molecule has 0 atom stereocenters. The second kappa shape index (κ2) is 7.98. The maximum absolute atomic E-state index is 5.57. The van der Waals surface area contributed by atoms with Crippen molar-refractivity contribution in [2.24, 2.45) is 3.34 Å². The first kappa shape index (κ1) is 19.0. The van der Waals surface area contributed by atoms with Crippen molar-refractivity contribution in [3.8, 4) is 0 Å². The van der Waals surface area contributed by atoms with Gasteiger partial charge in [0, 0.05) is 0 Å². The van der Waals surface area contributed by atoms with Crippen LogP contribution in [-0.4, -0.2) is 38.3 Å². The quantitative estimate of drug-likeness (QED) is 0.554. The third kappa shape index (κ3) is 4.23. The monoisotopic (exact) mass is 461 g/mol. The Bertz CT molecular complexity index is 396. The first-order valence-electron chi connectivity index (χ1n) is 8.34. The molecule has 1 aliphatic carbocycles. The normalized spacial score (nSPS) is 16.4. The van der Waals surface area contributed by atoms with Gasteiger partial charge in [0.2, 0.25) is 0 Å². The fraction of sp³-hybridized carbons (Fsp3) is 0.765. The summed E-state index contributed by atoms with van der Waals surface area (Å²) in [6.45, 7) is 20.3. The second-order valence-corrected chi connectivity index (χ2v) is 17.8. The molecule has 4 heteroatoms. The third-order valence-electron chi connectivity index (χ3n) is 3.87. The molecule has 0 aromatic heterocycles. The SMILES string of the molecule is CC[N](CC)[Ta](=[N]C(C)(C)C)([CH]1C=CC=C1)[N](CC)CC. The summed E-state index contributed by atoms with van der Waals surface area (Å²) in [4.78, 5) is 0. The molecule has 0 unspecified atom stereocenters. The average molecular weight is 461 g/mol. The van der Waals surface area contributed by atoms with Gasteiger partial charge in [0.1, 0.15) is 0 Å². The molecular weight excluding hydrogens is 427 g/mol. The van der Waals surface area contributed by atoms with Gasteiger partial charge in [-0.05, 0) is 0 Å². The van der Waals surface area contributed by atoms with Crippen LogP contribution in [0.4, 0.5) is 0 Å². The van der Waals surface area contributed by atoms with Crippen LogP contribution in [0.2, 0.25) is 4.14 Å². The molecule has 0 aromatic rings. The molecule has 0 aromatic carbocycles. The van der Waals surface area contributed by atoms with Crippen LogP contribution in [0.3, 0.4) is 0 Å². The van der Waals surface area contributed by atoms with Gasteiger partial charge in [-0.2, -0.15) is 0 Å². The van der Waals surface area contributed by atoms with E-state index in [4.69, 9.17) is 3.34 Å². The van der Waals surface area contributed by atoms with Gasteiger partial charge >= 0.3 is 136 Å². The Morgan fingerprint density at radius 3 is 1.52 bits per heavy atom. The van der Waals surface area contributed by atoms with Crippen molar-refractivity contribution >= 4 is 0 Å². The number of nitrogens with zero attached hydrogens (tertiary/aromatic N) is 3. The molecule has 0 spiro atoms. The zero-order valence-corrected chi connectivity index (χ0v) is 18.2. The van der Waals surface area contributed by atoms with Gasteiger partial charge in [0.15, 0.2) is 0 Å². The van der Waals surface area contributed by atoms with Crippen molar-refractivity contribution in [2.75, 3.05) is 26.2 Å². The van der Waals surface area contributed by atoms with Crippen LogP contribution in [0.1, 0.15) is 48.5 Å². The summed E-state index contributed by atoms with van der Waals surface area (Å²) in [5, 5.41) is 0. The molecule has 122 valence electrons. The van der Waals surface area contributed by atoms with Crippen LogP contribution in [-0.2, 0) is 17.5 Å². The predicted octanol–water partition coefficient (Wildman–Crippen LogP) is 4.55. The van der Waals surface area contributed by atoms with E-state index in [1.807, 2.05) is 0 Å². The summed E-state index contributed by atoms with van der Waals surface area (Å²) in [5.41, 5.74) is 0.0217. The van der Waals surface area contributed by atoms with E-state index in [1.54, 1.807) is 0 Å². The molecule has 0 radical (unpaired) electrons. The van der Waals surface area contributed by atoms with Crippen LogP contribution < -0.4 is 0 Å². The molecule has 0 heterocycles. The molecule has 1 rings (SSSR count). The Morgan fingerprint density at radius 2 is 1.24 bits per heavy atom. The van der Waals surface area contributed by atoms with Crippen LogP contribution >= 0.6 is 0 Å². The van der Waals surface area contributed by atoms with Gasteiger partial charge < -0.3 is 0 Å². The van der Waals surface area contributed by atoms with Crippen molar-refractivity contribution in [1.29, 1.82) is 0 Å². The van der Waals surface area contributed by atoms with Crippen LogP contribution in [0.25, 0.3) is 0 Å². The van der Waals surface area contributed by atoms with E-state index in [1.165, 1.54) is 0 Å². The van der Waals surface area contributed by atoms with Crippen molar-refractivity contribution < 1.29 is 17.5 Å². The summed E-state index contributed by atoms with van der Waals surface area (Å²) in [6.07, 6.45) is 9.21. The third-order valence-corrected chi connectivity index (χ3v) is 21.2. The first-order valence-corrected chi connectivity index (χ1v) is 14.5. The number of allylic oxidation sites excluding steroid dienone is 4. The molecule has 21 heavy (non-hydrogen) atoms. The van der Waals surface area contributed by atoms with Gasteiger partial charge in [0.25, 0.3) is 0 Å². The fourth-order valence-electron chi connectivity index (χ4n) is 3.12. The first-order chi connectivity index (χ1) is 9.85. The molecule has 1 aliphatic rings. The molecule has 0 aliphatic heterocycles. The van der Waals surface area contributed by atoms with Crippen LogP contribution in [0, 0.1) is 0 Å². The second-order valence-electron chi connectivity index (χ2n) is 6.42. The molecule has 0 saturated heterocycles. The molecule has 0 saturated carbocycles. The summed E-state index contributed by atoms with van der Waals surface area (Å²) in [6, 6.07) is 0. The van der Waals surface area contributed by atoms with Crippen molar-refractivity contribution in [1.82, 2.24) is 6.61 Å². The maximum atomic E-state index is 5.57. The molecule has 0 bridgehead atoms. The minimum atomic E-state index is -3.16. The Kier molecular flexibility index (Phi) is 7.22. The Labute approximate surface area is 136 Å². The fourth-order valence-corrected chi connectivity index (χ4v) is 20.0. The Hall–Kier alpha value is -0.0597. The van der Waals surface area contributed by atoms with Gasteiger partial charge in [-0.1, -0.05) is 0 Å². The topological polar surface area (TPSA) is 18.8 Å². The minimum absolute atomic E-state index is 0.0217. The zero-order valence-electron chi connectivity index (χ0n) is 15.0. The van der Waals surface area contributed by atoms with E-state index in [-0.39, 0.29) is 5.54 Å². The van der Waals surface area contributed by atoms with Gasteiger partial charge in [-0.3, -0.25) is 0 Å². The summed E-state index contributed by atoms with van der Waals surface area (Å²) in [5.74, 6) is 0. The van der Waals surface area contributed by atoms with Crippen molar-refractivity contribution in [2.45, 2.75) is 58.1 Å².